The first kappa shape index (κ1) is 18.3. The van der Waals surface area contributed by atoms with E-state index in [-0.39, 0.29) is 7.69 Å². The summed E-state index contributed by atoms with van der Waals surface area (Å²) in [6.07, 6.45) is 0. The molecule has 0 amide bonds. The minimum atomic E-state index is -0.795. The van der Waals surface area contributed by atoms with Gasteiger partial charge in [-0.2, -0.15) is 0 Å². The van der Waals surface area contributed by atoms with E-state index < -0.39 is 11.6 Å². The lowest BCUT2D eigenvalue weighted by atomic mass is 10.2. The highest BCUT2D eigenvalue weighted by Crippen LogP contribution is 2.49. The van der Waals surface area contributed by atoms with E-state index in [4.69, 9.17) is 51.5 Å². The van der Waals surface area contributed by atoms with Gasteiger partial charge in [-0.15, -0.1) is 0 Å². The van der Waals surface area contributed by atoms with Gasteiger partial charge in [0.15, 0.2) is 11.5 Å². The summed E-state index contributed by atoms with van der Waals surface area (Å²) in [5.74, 6) is 1.23. The largest absolute Gasteiger partial charge is 0.576 e. The molecule has 4 rings (SSSR count). The van der Waals surface area contributed by atoms with E-state index in [1.807, 2.05) is 0 Å². The zero-order chi connectivity index (χ0) is 19.4. The molecule has 2 aromatic rings. The van der Waals surface area contributed by atoms with E-state index >= 15 is 0 Å². The Kier molecular flexibility index (Phi) is 4.20. The Morgan fingerprint density at radius 1 is 0.704 bits per heavy atom. The van der Waals surface area contributed by atoms with Crippen LogP contribution < -0.4 is 28.3 Å². The van der Waals surface area contributed by atoms with E-state index in [1.165, 1.54) is 0 Å². The molecule has 9 heteroatoms. The van der Waals surface area contributed by atoms with E-state index in [0.29, 0.717) is 44.5 Å². The Hall–Kier alpha value is -2.12. The molecule has 0 aliphatic carbocycles. The third-order valence-electron chi connectivity index (χ3n) is 3.81. The van der Waals surface area contributed by atoms with Crippen molar-refractivity contribution in [2.24, 2.45) is 0 Å². The average Bonchev–Trinajstić information content (AvgIpc) is 3.00. The first-order valence-corrected chi connectivity index (χ1v) is 9.06. The Morgan fingerprint density at radius 2 is 1.11 bits per heavy atom. The normalized spacial score (nSPS) is 17.6. The molecule has 0 saturated carbocycles. The molecule has 0 spiro atoms. The second kappa shape index (κ2) is 6.21. The molecule has 2 aromatic carbocycles. The molecule has 142 valence electrons. The van der Waals surface area contributed by atoms with Gasteiger partial charge in [0.1, 0.15) is 11.5 Å². The highest BCUT2D eigenvalue weighted by atomic mass is 35.5. The van der Waals surface area contributed by atoms with Gasteiger partial charge in [-0.05, 0) is 0 Å². The van der Waals surface area contributed by atoms with Crippen LogP contribution in [0.2, 0.25) is 10.0 Å². The highest BCUT2D eigenvalue weighted by Gasteiger charge is 2.36. The quantitative estimate of drug-likeness (QED) is 0.679. The van der Waals surface area contributed by atoms with Crippen molar-refractivity contribution in [1.82, 2.24) is 0 Å². The van der Waals surface area contributed by atoms with Crippen molar-refractivity contribution in [3.05, 3.63) is 34.3 Å². The third-order valence-corrected chi connectivity index (χ3v) is 4.24. The van der Waals surface area contributed by atoms with E-state index in [1.54, 1.807) is 52.0 Å². The standard InChI is InChI=1S/C18H17BCl2O6/c1-17(2)22-11-5-9(20)7-13(15(11)24-17)26-19-27-14-8-10(21)6-12-16(14)25-18(3,4)23-12/h5-8,19H,1-4H3. The summed E-state index contributed by atoms with van der Waals surface area (Å²) in [5.41, 5.74) is 0. The molecular formula is C18H17BCl2O6. The fourth-order valence-corrected chi connectivity index (χ4v) is 3.27. The summed E-state index contributed by atoms with van der Waals surface area (Å²) in [6.45, 7) is 7.20. The zero-order valence-corrected chi connectivity index (χ0v) is 16.7. The number of benzene rings is 2. The summed E-state index contributed by atoms with van der Waals surface area (Å²) < 4.78 is 34.4. The molecule has 0 aromatic heterocycles. The molecule has 2 heterocycles. The Balaban J connectivity index is 1.52. The average molecular weight is 411 g/mol. The van der Waals surface area contributed by atoms with Gasteiger partial charge in [-0.1, -0.05) is 23.2 Å². The van der Waals surface area contributed by atoms with Crippen LogP contribution in [0.3, 0.4) is 0 Å². The molecule has 0 N–H and O–H groups in total. The number of fused-ring (bicyclic) bond motifs is 2. The maximum absolute atomic E-state index is 6.14. The number of ether oxygens (including phenoxy) is 4. The number of hydrogen-bond acceptors (Lipinski definition) is 6. The summed E-state index contributed by atoms with van der Waals surface area (Å²) in [4.78, 5) is 0. The summed E-state index contributed by atoms with van der Waals surface area (Å²) in [5, 5.41) is 0.930. The number of hydrogen-bond donors (Lipinski definition) is 0. The topological polar surface area (TPSA) is 55.4 Å². The molecular weight excluding hydrogens is 394 g/mol. The Morgan fingerprint density at radius 3 is 1.52 bits per heavy atom. The van der Waals surface area contributed by atoms with Gasteiger partial charge in [-0.25, -0.2) is 0 Å². The zero-order valence-electron chi connectivity index (χ0n) is 15.2. The number of halogens is 2. The highest BCUT2D eigenvalue weighted by molar-refractivity contribution is 6.31. The summed E-state index contributed by atoms with van der Waals surface area (Å²) in [7, 11) is -0.118. The van der Waals surface area contributed by atoms with Crippen LogP contribution in [0.5, 0.6) is 34.5 Å². The van der Waals surface area contributed by atoms with Gasteiger partial charge in [0, 0.05) is 62.0 Å². The van der Waals surface area contributed by atoms with Gasteiger partial charge in [-0.3, -0.25) is 0 Å². The predicted octanol–water partition coefficient (Wildman–Crippen LogP) is 4.73. The van der Waals surface area contributed by atoms with Crippen LogP contribution in [0, 0.1) is 0 Å². The van der Waals surface area contributed by atoms with Crippen LogP contribution in [0.4, 0.5) is 0 Å². The van der Waals surface area contributed by atoms with Crippen molar-refractivity contribution in [2.45, 2.75) is 39.3 Å². The van der Waals surface area contributed by atoms with Crippen LogP contribution in [-0.2, 0) is 0 Å². The predicted molar refractivity (Wildman–Crippen MR) is 102 cm³/mol. The second-order valence-corrected chi connectivity index (χ2v) is 7.95. The van der Waals surface area contributed by atoms with Crippen LogP contribution in [0.25, 0.3) is 0 Å². The molecule has 2 aliphatic rings. The van der Waals surface area contributed by atoms with Gasteiger partial charge in [0.2, 0.25) is 23.1 Å². The first-order valence-electron chi connectivity index (χ1n) is 8.31. The first-order chi connectivity index (χ1) is 12.6. The van der Waals surface area contributed by atoms with Crippen molar-refractivity contribution in [2.75, 3.05) is 0 Å². The van der Waals surface area contributed by atoms with E-state index in [2.05, 4.69) is 0 Å². The van der Waals surface area contributed by atoms with Crippen LogP contribution in [0.1, 0.15) is 27.7 Å². The number of rotatable bonds is 4. The fraction of sp³-hybridized carbons (Fsp3) is 0.333. The fourth-order valence-electron chi connectivity index (χ4n) is 2.88. The minimum Gasteiger partial charge on any atom is -0.526 e. The van der Waals surface area contributed by atoms with Crippen molar-refractivity contribution >= 4 is 30.9 Å². The molecule has 27 heavy (non-hydrogen) atoms. The van der Waals surface area contributed by atoms with Crippen LogP contribution >= 0.6 is 23.2 Å². The van der Waals surface area contributed by atoms with E-state index in [0.717, 1.165) is 0 Å². The molecule has 2 aliphatic heterocycles. The Labute approximate surface area is 167 Å². The molecule has 0 saturated heterocycles. The molecule has 0 atom stereocenters. The Bertz CT molecular complexity index is 842. The smallest absolute Gasteiger partial charge is 0.526 e. The summed E-state index contributed by atoms with van der Waals surface area (Å²) in [6, 6.07) is 6.63. The van der Waals surface area contributed by atoms with Crippen molar-refractivity contribution in [3.8, 4) is 34.5 Å². The lowest BCUT2D eigenvalue weighted by molar-refractivity contribution is -0.0440. The maximum atomic E-state index is 6.14. The van der Waals surface area contributed by atoms with Gasteiger partial charge >= 0.3 is 7.69 Å². The minimum absolute atomic E-state index is 0.118. The van der Waals surface area contributed by atoms with E-state index in [9.17, 15) is 0 Å². The molecule has 0 bridgehead atoms. The van der Waals surface area contributed by atoms with Gasteiger partial charge < -0.3 is 28.3 Å². The molecule has 6 nitrogen and oxygen atoms in total. The molecule has 0 radical (unpaired) electrons. The molecule has 0 unspecified atom stereocenters. The lowest BCUT2D eigenvalue weighted by Crippen LogP contribution is -2.30. The third kappa shape index (κ3) is 3.66. The van der Waals surface area contributed by atoms with Crippen LogP contribution in [-0.4, -0.2) is 19.3 Å². The second-order valence-electron chi connectivity index (χ2n) is 7.08. The van der Waals surface area contributed by atoms with Crippen molar-refractivity contribution in [3.63, 3.8) is 0 Å². The van der Waals surface area contributed by atoms with Crippen molar-refractivity contribution < 1.29 is 28.3 Å². The lowest BCUT2D eigenvalue weighted by Gasteiger charge is -2.17. The summed E-state index contributed by atoms with van der Waals surface area (Å²) >= 11 is 12.3. The van der Waals surface area contributed by atoms with Crippen LogP contribution in [0.15, 0.2) is 24.3 Å². The monoisotopic (exact) mass is 410 g/mol. The maximum Gasteiger partial charge on any atom is 0.576 e. The van der Waals surface area contributed by atoms with Crippen molar-refractivity contribution in [1.29, 1.82) is 0 Å². The van der Waals surface area contributed by atoms with Gasteiger partial charge in [0.05, 0.1) is 0 Å². The van der Waals surface area contributed by atoms with Gasteiger partial charge in [0.25, 0.3) is 0 Å². The molecule has 0 fully saturated rings. The SMILES string of the molecule is CC1(C)Oc2cc(Cl)cc(OBOc3cc(Cl)cc4c3OC(C)(C)O4)c2O1.